The number of carbonyl (C=O) groups excluding carboxylic acids is 1. The van der Waals surface area contributed by atoms with Gasteiger partial charge in [0.05, 0.1) is 0 Å². The molecule has 0 unspecified atom stereocenters. The first kappa shape index (κ1) is 18.1. The van der Waals surface area contributed by atoms with Crippen LogP contribution in [0.15, 0.2) is 97.2 Å². The Balaban J connectivity index is 2.03. The summed E-state index contributed by atoms with van der Waals surface area (Å²) in [5.74, 6) is 0.0247. The summed E-state index contributed by atoms with van der Waals surface area (Å²) in [7, 11) is 3.12. The first-order valence-electron chi connectivity index (χ1n) is 8.54. The number of benzene rings is 3. The lowest BCUT2D eigenvalue weighted by molar-refractivity contribution is 0.104. The Bertz CT molecular complexity index is 849. The second-order valence-electron chi connectivity index (χ2n) is 6.20. The molecule has 0 N–H and O–H groups in total. The summed E-state index contributed by atoms with van der Waals surface area (Å²) in [5, 5.41) is 3.74. The highest BCUT2D eigenvalue weighted by Gasteiger charge is 2.17. The molecule has 3 heteroatoms. The average Bonchev–Trinajstić information content (AvgIpc) is 2.68. The van der Waals surface area contributed by atoms with Gasteiger partial charge in [-0.05, 0) is 29.9 Å². The van der Waals surface area contributed by atoms with Crippen LogP contribution in [0.3, 0.4) is 0 Å². The van der Waals surface area contributed by atoms with E-state index in [1.54, 1.807) is 12.3 Å². The molecule has 130 valence electrons. The maximum atomic E-state index is 12.5. The molecule has 0 aliphatic rings. The van der Waals surface area contributed by atoms with E-state index in [0.29, 0.717) is 0 Å². The molecule has 3 aromatic carbocycles. The molecule has 0 heterocycles. The van der Waals surface area contributed by atoms with E-state index in [2.05, 4.69) is 54.6 Å². The van der Waals surface area contributed by atoms with Crippen LogP contribution in [0, 0.1) is 0 Å². The smallest absolute Gasteiger partial charge is 0.187 e. The van der Waals surface area contributed by atoms with E-state index >= 15 is 0 Å². The third-order valence-corrected chi connectivity index (χ3v) is 6.37. The van der Waals surface area contributed by atoms with Crippen molar-refractivity contribution in [3.63, 3.8) is 0 Å². The summed E-state index contributed by atoms with van der Waals surface area (Å²) in [6, 6.07) is 29.0. The number of carbonyl (C=O) groups is 1. The van der Waals surface area contributed by atoms with Crippen molar-refractivity contribution in [2.24, 2.45) is 0 Å². The third kappa shape index (κ3) is 4.47. The van der Waals surface area contributed by atoms with Crippen molar-refractivity contribution in [1.82, 2.24) is 4.90 Å². The fourth-order valence-electron chi connectivity index (χ4n) is 2.71. The van der Waals surface area contributed by atoms with Crippen LogP contribution in [0.4, 0.5) is 0 Å². The Morgan fingerprint density at radius 1 is 0.769 bits per heavy atom. The Hall–Kier alpha value is -2.70. The molecule has 0 spiro atoms. The van der Waals surface area contributed by atoms with Crippen molar-refractivity contribution in [3.8, 4) is 0 Å². The summed E-state index contributed by atoms with van der Waals surface area (Å²) < 4.78 is 0. The molecule has 0 aliphatic heterocycles. The van der Waals surface area contributed by atoms with Crippen molar-refractivity contribution in [3.05, 3.63) is 103 Å². The van der Waals surface area contributed by atoms with E-state index in [1.807, 2.05) is 49.3 Å². The van der Waals surface area contributed by atoms with Crippen LogP contribution < -0.4 is 15.9 Å². The second kappa shape index (κ2) is 8.60. The van der Waals surface area contributed by atoms with Crippen LogP contribution in [0.2, 0.25) is 0 Å². The summed E-state index contributed by atoms with van der Waals surface area (Å²) in [6.45, 7) is 0. The summed E-state index contributed by atoms with van der Waals surface area (Å²) in [6.07, 6.45) is 3.40. The number of ketones is 1. The highest BCUT2D eigenvalue weighted by molar-refractivity contribution is 7.79. The number of rotatable bonds is 6. The fraction of sp³-hybridized carbons (Fsp3) is 0.0870. The molecule has 0 aromatic heterocycles. The van der Waals surface area contributed by atoms with E-state index in [1.165, 1.54) is 15.9 Å². The first-order valence-corrected chi connectivity index (χ1v) is 9.88. The topological polar surface area (TPSA) is 20.3 Å². The zero-order valence-electron chi connectivity index (χ0n) is 15.0. The molecule has 0 bridgehead atoms. The van der Waals surface area contributed by atoms with Gasteiger partial charge in [-0.2, -0.15) is 0 Å². The van der Waals surface area contributed by atoms with Crippen molar-refractivity contribution in [1.29, 1.82) is 0 Å². The fourth-order valence-corrected chi connectivity index (χ4v) is 5.05. The molecule has 0 radical (unpaired) electrons. The zero-order valence-corrected chi connectivity index (χ0v) is 15.9. The lowest BCUT2D eigenvalue weighted by Crippen LogP contribution is -2.21. The highest BCUT2D eigenvalue weighted by atomic mass is 31.1. The molecule has 0 amide bonds. The van der Waals surface area contributed by atoms with Crippen LogP contribution in [0.25, 0.3) is 0 Å². The van der Waals surface area contributed by atoms with Gasteiger partial charge in [0, 0.05) is 31.9 Å². The Labute approximate surface area is 156 Å². The summed E-state index contributed by atoms with van der Waals surface area (Å²) >= 11 is 0. The molecular formula is C23H22NOP. The Morgan fingerprint density at radius 2 is 1.31 bits per heavy atom. The molecule has 0 atom stereocenters. The van der Waals surface area contributed by atoms with Crippen molar-refractivity contribution in [2.45, 2.75) is 0 Å². The van der Waals surface area contributed by atoms with Crippen LogP contribution in [-0.2, 0) is 0 Å². The second-order valence-corrected chi connectivity index (χ2v) is 8.42. The molecule has 3 rings (SSSR count). The lowest BCUT2D eigenvalue weighted by atomic mass is 10.1. The van der Waals surface area contributed by atoms with Gasteiger partial charge in [-0.15, -0.1) is 0 Å². The quantitative estimate of drug-likeness (QED) is 0.380. The zero-order chi connectivity index (χ0) is 18.4. The third-order valence-electron chi connectivity index (χ3n) is 3.94. The maximum Gasteiger partial charge on any atom is 0.187 e. The molecule has 2 nitrogen and oxygen atoms in total. The summed E-state index contributed by atoms with van der Waals surface area (Å²) in [5.41, 5.74) is 0.722. The van der Waals surface area contributed by atoms with E-state index in [9.17, 15) is 4.79 Å². The molecule has 3 aromatic rings. The standard InChI is InChI=1S/C23H22NOP/c1-24(2)17-16-23(25)19-10-9-15-22(18-19)26(20-11-5-3-6-12-20)21-13-7-4-8-14-21/h3-18H,1-2H3. The molecule has 0 fully saturated rings. The van der Waals surface area contributed by atoms with Crippen LogP contribution in [0.1, 0.15) is 10.4 Å². The van der Waals surface area contributed by atoms with Crippen LogP contribution in [0.5, 0.6) is 0 Å². The largest absolute Gasteiger partial charge is 0.383 e. The van der Waals surface area contributed by atoms with E-state index < -0.39 is 7.92 Å². The van der Waals surface area contributed by atoms with E-state index in [0.717, 1.165) is 5.56 Å². The van der Waals surface area contributed by atoms with Gasteiger partial charge in [0.25, 0.3) is 0 Å². The Kier molecular flexibility index (Phi) is 5.99. The molecule has 0 saturated heterocycles. The normalized spacial score (nSPS) is 11.0. The van der Waals surface area contributed by atoms with Crippen molar-refractivity contribution < 1.29 is 4.79 Å². The van der Waals surface area contributed by atoms with Gasteiger partial charge in [-0.1, -0.05) is 78.9 Å². The molecule has 26 heavy (non-hydrogen) atoms. The van der Waals surface area contributed by atoms with Gasteiger partial charge >= 0.3 is 0 Å². The Morgan fingerprint density at radius 3 is 1.85 bits per heavy atom. The van der Waals surface area contributed by atoms with Gasteiger partial charge in [0.2, 0.25) is 0 Å². The minimum Gasteiger partial charge on any atom is -0.383 e. The maximum absolute atomic E-state index is 12.5. The van der Waals surface area contributed by atoms with Gasteiger partial charge in [-0.3, -0.25) is 4.79 Å². The minimum atomic E-state index is -0.695. The molecule has 0 saturated carbocycles. The average molecular weight is 359 g/mol. The van der Waals surface area contributed by atoms with Crippen LogP contribution >= 0.6 is 7.92 Å². The number of hydrogen-bond donors (Lipinski definition) is 0. The van der Waals surface area contributed by atoms with Gasteiger partial charge in [0.15, 0.2) is 5.78 Å². The first-order chi connectivity index (χ1) is 12.6. The monoisotopic (exact) mass is 359 g/mol. The van der Waals surface area contributed by atoms with Crippen LogP contribution in [-0.4, -0.2) is 24.8 Å². The number of allylic oxidation sites excluding steroid dienone is 1. The van der Waals surface area contributed by atoms with Gasteiger partial charge in [-0.25, -0.2) is 0 Å². The van der Waals surface area contributed by atoms with E-state index in [-0.39, 0.29) is 5.78 Å². The number of hydrogen-bond acceptors (Lipinski definition) is 2. The van der Waals surface area contributed by atoms with Gasteiger partial charge < -0.3 is 4.90 Å². The highest BCUT2D eigenvalue weighted by Crippen LogP contribution is 2.32. The van der Waals surface area contributed by atoms with E-state index in [4.69, 9.17) is 0 Å². The van der Waals surface area contributed by atoms with Crippen molar-refractivity contribution >= 4 is 29.6 Å². The molecular weight excluding hydrogens is 337 g/mol. The summed E-state index contributed by atoms with van der Waals surface area (Å²) in [4.78, 5) is 14.4. The predicted octanol–water partition coefficient (Wildman–Crippen LogP) is 3.70. The lowest BCUT2D eigenvalue weighted by Gasteiger charge is -2.19. The van der Waals surface area contributed by atoms with Crippen molar-refractivity contribution in [2.75, 3.05) is 14.1 Å². The minimum absolute atomic E-state index is 0.0247. The number of nitrogens with zero attached hydrogens (tertiary/aromatic N) is 1. The van der Waals surface area contributed by atoms with Gasteiger partial charge in [0.1, 0.15) is 0 Å². The predicted molar refractivity (Wildman–Crippen MR) is 112 cm³/mol. The SMILES string of the molecule is CN(C)C=CC(=O)c1cccc(P(c2ccccc2)c2ccccc2)c1. The molecule has 0 aliphatic carbocycles.